The average molecular weight is 469 g/mol. The van der Waals surface area contributed by atoms with Crippen molar-refractivity contribution in [2.24, 2.45) is 0 Å². The Morgan fingerprint density at radius 1 is 1.47 bits per heavy atom. The van der Waals surface area contributed by atoms with E-state index in [4.69, 9.17) is 9.47 Å². The van der Waals surface area contributed by atoms with Gasteiger partial charge in [-0.3, -0.25) is 29.4 Å². The molecule has 1 fully saturated rings. The van der Waals surface area contributed by atoms with Crippen LogP contribution in [0.2, 0.25) is 0 Å². The van der Waals surface area contributed by atoms with Crippen molar-refractivity contribution in [3.63, 3.8) is 0 Å². The third-order valence-corrected chi connectivity index (χ3v) is 6.18. The zero-order chi connectivity index (χ0) is 23.7. The lowest BCUT2D eigenvalue weighted by Crippen LogP contribution is -2.71. The Bertz CT molecular complexity index is 1040. The van der Waals surface area contributed by atoms with Gasteiger partial charge in [0.25, 0.3) is 5.91 Å². The van der Waals surface area contributed by atoms with Gasteiger partial charge in [0.1, 0.15) is 36.0 Å². The summed E-state index contributed by atoms with van der Waals surface area (Å²) in [5.74, 6) is -3.29. The van der Waals surface area contributed by atoms with E-state index in [-0.39, 0.29) is 29.5 Å². The lowest BCUT2D eigenvalue weighted by atomic mass is 10.0. The number of aliphatic carboxylic acids is 1. The Morgan fingerprint density at radius 3 is 2.69 bits per heavy atom. The topological polar surface area (TPSA) is 183 Å². The summed E-state index contributed by atoms with van der Waals surface area (Å²) in [6.45, 7) is 2.36. The van der Waals surface area contributed by atoms with E-state index in [0.717, 1.165) is 15.8 Å². The van der Waals surface area contributed by atoms with E-state index >= 15 is 0 Å². The van der Waals surface area contributed by atoms with Gasteiger partial charge in [0, 0.05) is 18.2 Å². The molecule has 3 heterocycles. The number of nitrogens with one attached hydrogen (secondary N) is 1. The van der Waals surface area contributed by atoms with Crippen LogP contribution in [0.3, 0.4) is 0 Å². The fourth-order valence-electron chi connectivity index (χ4n) is 3.21. The zero-order valence-corrected chi connectivity index (χ0v) is 18.0. The predicted octanol–water partition coefficient (Wildman–Crippen LogP) is -0.337. The highest BCUT2D eigenvalue weighted by molar-refractivity contribution is 8.00. The van der Waals surface area contributed by atoms with Crippen molar-refractivity contribution in [3.05, 3.63) is 27.6 Å². The van der Waals surface area contributed by atoms with Crippen LogP contribution in [-0.4, -0.2) is 79.3 Å². The van der Waals surface area contributed by atoms with Gasteiger partial charge in [0.15, 0.2) is 0 Å². The fourth-order valence-corrected chi connectivity index (χ4v) is 4.54. The van der Waals surface area contributed by atoms with Crippen LogP contribution in [-0.2, 0) is 23.9 Å². The molecular formula is C17H19N5O9S. The molecule has 172 valence electrons. The van der Waals surface area contributed by atoms with Crippen molar-refractivity contribution in [1.29, 1.82) is 0 Å². The molecule has 32 heavy (non-hydrogen) atoms. The third kappa shape index (κ3) is 4.10. The quantitative estimate of drug-likeness (QED) is 0.220. The number of carboxylic acids is 1. The van der Waals surface area contributed by atoms with Crippen LogP contribution >= 0.6 is 11.8 Å². The molecule has 0 spiro atoms. The van der Waals surface area contributed by atoms with Crippen molar-refractivity contribution in [1.82, 2.24) is 20.0 Å². The maximum atomic E-state index is 12.7. The lowest BCUT2D eigenvalue weighted by Gasteiger charge is -2.49. The normalized spacial score (nSPS) is 20.7. The number of esters is 1. The molecule has 3 rings (SSSR count). The first-order valence-electron chi connectivity index (χ1n) is 9.18. The lowest BCUT2D eigenvalue weighted by molar-refractivity contribution is -0.385. The van der Waals surface area contributed by atoms with Gasteiger partial charge in [-0.05, 0) is 6.92 Å². The largest absolute Gasteiger partial charge is 0.477 e. The highest BCUT2D eigenvalue weighted by atomic mass is 32.2. The molecule has 2 N–H and O–H groups in total. The summed E-state index contributed by atoms with van der Waals surface area (Å²) in [5, 5.41) is 26.4. The van der Waals surface area contributed by atoms with Gasteiger partial charge >= 0.3 is 23.5 Å². The van der Waals surface area contributed by atoms with E-state index in [1.165, 1.54) is 32.7 Å². The smallest absolute Gasteiger partial charge is 0.352 e. The molecule has 14 nitrogen and oxygen atoms in total. The van der Waals surface area contributed by atoms with E-state index in [2.05, 4.69) is 10.4 Å². The summed E-state index contributed by atoms with van der Waals surface area (Å²) < 4.78 is 10.7. The number of aromatic nitrogens is 2. The number of hydrogen-bond donors (Lipinski definition) is 2. The second-order valence-electron chi connectivity index (χ2n) is 6.87. The first-order chi connectivity index (χ1) is 15.1. The van der Waals surface area contributed by atoms with Gasteiger partial charge in [-0.15, -0.1) is 16.9 Å². The second kappa shape index (κ2) is 8.86. The van der Waals surface area contributed by atoms with Crippen LogP contribution in [0.15, 0.2) is 17.5 Å². The molecule has 0 radical (unpaired) electrons. The summed E-state index contributed by atoms with van der Waals surface area (Å²) in [5.41, 5.74) is -0.417. The van der Waals surface area contributed by atoms with Gasteiger partial charge in [0.2, 0.25) is 5.91 Å². The minimum atomic E-state index is -1.35. The van der Waals surface area contributed by atoms with Crippen LogP contribution in [0.25, 0.3) is 0 Å². The molecule has 0 aromatic carbocycles. The van der Waals surface area contributed by atoms with E-state index < -0.39 is 51.8 Å². The Balaban J connectivity index is 1.73. The minimum absolute atomic E-state index is 0.188. The maximum Gasteiger partial charge on any atom is 0.352 e. The van der Waals surface area contributed by atoms with Gasteiger partial charge < -0.3 is 19.9 Å². The van der Waals surface area contributed by atoms with Gasteiger partial charge in [-0.25, -0.2) is 9.48 Å². The molecule has 1 aromatic heterocycles. The number of methoxy groups -OCH3 is 1. The summed E-state index contributed by atoms with van der Waals surface area (Å²) in [7, 11) is 1.20. The highest BCUT2D eigenvalue weighted by Gasteiger charge is 2.54. The van der Waals surface area contributed by atoms with Crippen molar-refractivity contribution >= 4 is 41.2 Å². The van der Waals surface area contributed by atoms with E-state index in [0.29, 0.717) is 0 Å². The van der Waals surface area contributed by atoms with Crippen LogP contribution in [0.5, 0.6) is 5.88 Å². The molecule has 2 aliphatic rings. The number of carboxylic acid groups (broad SMARTS) is 1. The van der Waals surface area contributed by atoms with Crippen LogP contribution in [0.1, 0.15) is 19.9 Å². The fraction of sp³-hybridized carbons (Fsp3) is 0.471. The maximum absolute atomic E-state index is 12.7. The average Bonchev–Trinajstić information content (AvgIpc) is 3.19. The van der Waals surface area contributed by atoms with Crippen molar-refractivity contribution in [2.45, 2.75) is 31.3 Å². The molecule has 0 bridgehead atoms. The Kier molecular flexibility index (Phi) is 6.38. The Hall–Kier alpha value is -3.62. The molecule has 3 atom stereocenters. The molecule has 15 heteroatoms. The molecule has 2 aliphatic heterocycles. The standard InChI is InChI=1S/C17H19N5O9S/c1-7(20-4-10(22(28)29)14(19-20)30-3)13(24)18-11-15(25)21-12(17(26)27)9(5-31-8(2)23)6-32-16(11)21/h4,7,11,16H,5-6H2,1-3H3,(H,18,24)(H,26,27)/t7-,11+,16+/m0/s1. The zero-order valence-electron chi connectivity index (χ0n) is 17.1. The summed E-state index contributed by atoms with van der Waals surface area (Å²) in [4.78, 5) is 59.5. The number of nitro groups is 1. The van der Waals surface area contributed by atoms with Gasteiger partial charge in [0.05, 0.1) is 12.0 Å². The highest BCUT2D eigenvalue weighted by Crippen LogP contribution is 2.40. The summed E-state index contributed by atoms with van der Waals surface area (Å²) in [6, 6.07) is -2.01. The Morgan fingerprint density at radius 2 is 2.16 bits per heavy atom. The number of hydrogen-bond acceptors (Lipinski definition) is 10. The second-order valence-corrected chi connectivity index (χ2v) is 7.98. The van der Waals surface area contributed by atoms with E-state index in [1.54, 1.807) is 0 Å². The molecule has 1 saturated heterocycles. The number of fused-ring (bicyclic) bond motifs is 1. The van der Waals surface area contributed by atoms with E-state index in [1.807, 2.05) is 0 Å². The molecule has 1 aromatic rings. The molecule has 0 saturated carbocycles. The van der Waals surface area contributed by atoms with Crippen molar-refractivity contribution in [3.8, 4) is 5.88 Å². The number of nitrogens with zero attached hydrogens (tertiary/aromatic N) is 4. The number of carbonyl (C=O) groups excluding carboxylic acids is 3. The van der Waals surface area contributed by atoms with Gasteiger partial charge in [-0.2, -0.15) is 0 Å². The number of rotatable bonds is 8. The van der Waals surface area contributed by atoms with Crippen molar-refractivity contribution < 1.29 is 38.7 Å². The number of amides is 2. The summed E-state index contributed by atoms with van der Waals surface area (Å²) >= 11 is 1.22. The van der Waals surface area contributed by atoms with Crippen LogP contribution in [0, 0.1) is 10.1 Å². The van der Waals surface area contributed by atoms with Crippen molar-refractivity contribution in [2.75, 3.05) is 19.5 Å². The third-order valence-electron chi connectivity index (χ3n) is 4.84. The number of carbonyl (C=O) groups is 4. The van der Waals surface area contributed by atoms with Crippen LogP contribution in [0.4, 0.5) is 5.69 Å². The Labute approximate surface area is 184 Å². The molecule has 2 amide bonds. The SMILES string of the molecule is COc1nn([C@@H](C)C(=O)N[C@@H]2C(=O)N3C(C(=O)O)=C(COC(C)=O)CS[C@H]23)cc1[N+](=O)[O-]. The predicted molar refractivity (Wildman–Crippen MR) is 106 cm³/mol. The minimum Gasteiger partial charge on any atom is -0.477 e. The first kappa shape index (κ1) is 23.1. The number of β-lactam (4-membered cyclic amide) rings is 1. The van der Waals surface area contributed by atoms with Gasteiger partial charge in [-0.1, -0.05) is 0 Å². The van der Waals surface area contributed by atoms with E-state index in [9.17, 15) is 34.4 Å². The number of ether oxygens (including phenoxy) is 2. The molecular weight excluding hydrogens is 450 g/mol. The molecule has 0 unspecified atom stereocenters. The molecule has 0 aliphatic carbocycles. The first-order valence-corrected chi connectivity index (χ1v) is 10.2. The van der Waals surface area contributed by atoms with Crippen LogP contribution < -0.4 is 10.1 Å². The monoisotopic (exact) mass is 469 g/mol. The summed E-state index contributed by atoms with van der Waals surface area (Å²) in [6.07, 6.45) is 1.04. The number of thioether (sulfide) groups is 1.